The van der Waals surface area contributed by atoms with E-state index in [-0.39, 0.29) is 25.0 Å². The Morgan fingerprint density at radius 1 is 1.08 bits per heavy atom. The normalized spacial score (nSPS) is 13.8. The van der Waals surface area contributed by atoms with Crippen LogP contribution in [0, 0.1) is 0 Å². The second-order valence-corrected chi connectivity index (χ2v) is 13.8. The Hall–Kier alpha value is -3.72. The molecule has 1 N–H and O–H groups in total. The molecular formula is C34H37ClF3N5O4S2. The number of carbonyl (C=O) groups is 2. The summed E-state index contributed by atoms with van der Waals surface area (Å²) < 4.78 is 41.3. The molecule has 0 atom stereocenters. The van der Waals surface area contributed by atoms with Crippen molar-refractivity contribution < 1.29 is 27.9 Å². The summed E-state index contributed by atoms with van der Waals surface area (Å²) in [6, 6.07) is 14.5. The van der Waals surface area contributed by atoms with Crippen LogP contribution in [-0.2, 0) is 41.0 Å². The Labute approximate surface area is 295 Å². The first-order valence-corrected chi connectivity index (χ1v) is 17.9. The van der Waals surface area contributed by atoms with Crippen LogP contribution in [0.3, 0.4) is 0 Å². The number of nitrogens with zero attached hydrogens (tertiary/aromatic N) is 5. The van der Waals surface area contributed by atoms with E-state index in [0.29, 0.717) is 39.5 Å². The van der Waals surface area contributed by atoms with Gasteiger partial charge in [-0.05, 0) is 71.6 Å². The van der Waals surface area contributed by atoms with E-state index in [1.165, 1.54) is 35.2 Å². The molecule has 1 fully saturated rings. The number of thioether (sulfide) groups is 1. The SMILES string of the molecule is CCc1nn(CC(=O)N(Cc2ccc(-c3ccc(C(F)(F)F)cc3)cc2)C2CCN(CC)CC2)c(SCc2csc(Cl)c2)nc1=O.O=CO. The van der Waals surface area contributed by atoms with Gasteiger partial charge in [-0.3, -0.25) is 14.4 Å². The summed E-state index contributed by atoms with van der Waals surface area (Å²) in [4.78, 5) is 43.7. The minimum Gasteiger partial charge on any atom is -0.483 e. The molecule has 262 valence electrons. The summed E-state index contributed by atoms with van der Waals surface area (Å²) in [5.74, 6) is 0.406. The van der Waals surface area contributed by atoms with Crippen LogP contribution in [0.25, 0.3) is 11.1 Å². The summed E-state index contributed by atoms with van der Waals surface area (Å²) in [5.41, 5.74) is 2.59. The van der Waals surface area contributed by atoms with E-state index >= 15 is 0 Å². The van der Waals surface area contributed by atoms with Gasteiger partial charge in [-0.2, -0.15) is 23.3 Å². The van der Waals surface area contributed by atoms with E-state index in [1.807, 2.05) is 47.5 Å². The average Bonchev–Trinajstić information content (AvgIpc) is 3.52. The Morgan fingerprint density at radius 3 is 2.22 bits per heavy atom. The molecule has 49 heavy (non-hydrogen) atoms. The molecule has 15 heteroatoms. The molecule has 0 unspecified atom stereocenters. The van der Waals surface area contributed by atoms with Gasteiger partial charge in [0.25, 0.3) is 12.0 Å². The molecule has 1 aliphatic rings. The molecule has 9 nitrogen and oxygen atoms in total. The van der Waals surface area contributed by atoms with Gasteiger partial charge in [0.15, 0.2) is 5.16 Å². The van der Waals surface area contributed by atoms with Crippen LogP contribution >= 0.6 is 34.7 Å². The largest absolute Gasteiger partial charge is 0.483 e. The molecule has 4 aromatic rings. The number of carbonyl (C=O) groups excluding carboxylic acids is 1. The van der Waals surface area contributed by atoms with E-state index < -0.39 is 17.3 Å². The fraction of sp³-hybridized carbons (Fsp3) is 0.382. The number of halogens is 4. The Bertz CT molecular complexity index is 1740. The fourth-order valence-corrected chi connectivity index (χ4v) is 7.36. The molecule has 0 saturated carbocycles. The fourth-order valence-electron chi connectivity index (χ4n) is 5.48. The number of aryl methyl sites for hydroxylation is 1. The zero-order chi connectivity index (χ0) is 35.6. The highest BCUT2D eigenvalue weighted by Gasteiger charge is 2.30. The molecule has 0 bridgehead atoms. The third kappa shape index (κ3) is 10.6. The van der Waals surface area contributed by atoms with Gasteiger partial charge in [-0.25, -0.2) is 4.68 Å². The smallest absolute Gasteiger partial charge is 0.416 e. The minimum absolute atomic E-state index is 0.0203. The van der Waals surface area contributed by atoms with Crippen LogP contribution < -0.4 is 5.56 Å². The van der Waals surface area contributed by atoms with Crippen molar-refractivity contribution in [1.82, 2.24) is 24.6 Å². The second kappa shape index (κ2) is 17.8. The Kier molecular flexibility index (Phi) is 13.8. The molecule has 1 amide bonds. The maximum atomic E-state index is 14.1. The van der Waals surface area contributed by atoms with Crippen molar-refractivity contribution in [3.05, 3.63) is 97.1 Å². The molecule has 2 aromatic heterocycles. The van der Waals surface area contributed by atoms with Gasteiger partial charge < -0.3 is 14.9 Å². The number of aromatic nitrogens is 3. The Morgan fingerprint density at radius 2 is 1.69 bits per heavy atom. The van der Waals surface area contributed by atoms with Crippen molar-refractivity contribution in [2.75, 3.05) is 19.6 Å². The number of amides is 1. The number of thiophene rings is 1. The van der Waals surface area contributed by atoms with Crippen molar-refractivity contribution >= 4 is 47.1 Å². The number of hydrogen-bond acceptors (Lipinski definition) is 8. The predicted molar refractivity (Wildman–Crippen MR) is 186 cm³/mol. The van der Waals surface area contributed by atoms with Gasteiger partial charge in [0.1, 0.15) is 12.2 Å². The first-order chi connectivity index (χ1) is 23.4. The maximum Gasteiger partial charge on any atom is 0.416 e. The third-order valence-electron chi connectivity index (χ3n) is 8.13. The molecule has 0 aliphatic carbocycles. The zero-order valence-corrected chi connectivity index (χ0v) is 29.4. The maximum absolute atomic E-state index is 14.1. The van der Waals surface area contributed by atoms with Gasteiger partial charge in [0.05, 0.1) is 9.90 Å². The minimum atomic E-state index is -4.39. The van der Waals surface area contributed by atoms with Crippen molar-refractivity contribution in [1.29, 1.82) is 0 Å². The molecule has 5 rings (SSSR count). The van der Waals surface area contributed by atoms with Crippen molar-refractivity contribution in [2.45, 2.75) is 69.3 Å². The highest BCUT2D eigenvalue weighted by molar-refractivity contribution is 7.98. The first-order valence-electron chi connectivity index (χ1n) is 15.7. The third-order valence-corrected chi connectivity index (χ3v) is 10.3. The lowest BCUT2D eigenvalue weighted by atomic mass is 10.00. The van der Waals surface area contributed by atoms with E-state index in [1.54, 1.807) is 4.68 Å². The van der Waals surface area contributed by atoms with Crippen LogP contribution in [0.15, 0.2) is 69.9 Å². The lowest BCUT2D eigenvalue weighted by Gasteiger charge is -2.38. The number of piperidine rings is 1. The quantitative estimate of drug-likeness (QED) is 0.128. The molecule has 2 aromatic carbocycles. The highest BCUT2D eigenvalue weighted by atomic mass is 35.5. The highest BCUT2D eigenvalue weighted by Crippen LogP contribution is 2.31. The standard InChI is InChI=1S/C33H35ClF3N5O2S2.CH2O2/c1-3-28-31(44)38-32(46-21-23-17-29(34)45-20-23)42(39-28)19-30(43)41(27-13-15-40(4-2)16-14-27)18-22-5-7-24(8-6-22)25-9-11-26(12-10-25)33(35,36)37;2-1-3/h5-12,17,20,27H,3-4,13-16,18-19,21H2,1-2H3;1H,(H,2,3). The van der Waals surface area contributed by atoms with Crippen LogP contribution in [0.2, 0.25) is 4.34 Å². The van der Waals surface area contributed by atoms with Gasteiger partial charge in [-0.1, -0.05) is 73.6 Å². The van der Waals surface area contributed by atoms with Crippen LogP contribution in [-0.4, -0.2) is 67.7 Å². The van der Waals surface area contributed by atoms with Gasteiger partial charge in [-0.15, -0.1) is 11.3 Å². The molecule has 0 radical (unpaired) electrons. The zero-order valence-electron chi connectivity index (χ0n) is 27.0. The summed E-state index contributed by atoms with van der Waals surface area (Å²) in [7, 11) is 0. The second-order valence-electron chi connectivity index (χ2n) is 11.3. The number of alkyl halides is 3. The summed E-state index contributed by atoms with van der Waals surface area (Å²) in [6.07, 6.45) is -2.32. The molecule has 0 spiro atoms. The lowest BCUT2D eigenvalue weighted by Crippen LogP contribution is -2.48. The van der Waals surface area contributed by atoms with Crippen LogP contribution in [0.1, 0.15) is 49.1 Å². The number of hydrogen-bond donors (Lipinski definition) is 1. The summed E-state index contributed by atoms with van der Waals surface area (Å²) >= 11 is 8.87. The number of benzene rings is 2. The van der Waals surface area contributed by atoms with Crippen LogP contribution in [0.4, 0.5) is 13.2 Å². The van der Waals surface area contributed by atoms with E-state index in [0.717, 1.165) is 61.3 Å². The van der Waals surface area contributed by atoms with Gasteiger partial charge in [0, 0.05) is 31.4 Å². The predicted octanol–water partition coefficient (Wildman–Crippen LogP) is 7.11. The van der Waals surface area contributed by atoms with Gasteiger partial charge >= 0.3 is 6.18 Å². The van der Waals surface area contributed by atoms with E-state index in [9.17, 15) is 22.8 Å². The average molecular weight is 736 g/mol. The van der Waals surface area contributed by atoms with Crippen molar-refractivity contribution in [3.63, 3.8) is 0 Å². The molecule has 1 aliphatic heterocycles. The summed E-state index contributed by atoms with van der Waals surface area (Å²) in [5, 5.41) is 13.8. The molecular weight excluding hydrogens is 699 g/mol. The molecule has 3 heterocycles. The van der Waals surface area contributed by atoms with E-state index in [4.69, 9.17) is 21.5 Å². The van der Waals surface area contributed by atoms with Crippen molar-refractivity contribution in [3.8, 4) is 11.1 Å². The van der Waals surface area contributed by atoms with Crippen molar-refractivity contribution in [2.24, 2.45) is 0 Å². The van der Waals surface area contributed by atoms with Gasteiger partial charge in [0.2, 0.25) is 5.91 Å². The Balaban J connectivity index is 0.00000174. The number of carboxylic acid groups (broad SMARTS) is 1. The monoisotopic (exact) mass is 735 g/mol. The van der Waals surface area contributed by atoms with Crippen LogP contribution in [0.5, 0.6) is 0 Å². The lowest BCUT2D eigenvalue weighted by molar-refractivity contribution is -0.138. The van der Waals surface area contributed by atoms with E-state index in [2.05, 4.69) is 21.9 Å². The number of rotatable bonds is 11. The number of likely N-dealkylation sites (tertiary alicyclic amines) is 1. The molecule has 1 saturated heterocycles. The topological polar surface area (TPSA) is 109 Å². The first kappa shape index (κ1) is 38.1. The summed E-state index contributed by atoms with van der Waals surface area (Å²) in [6.45, 7) is 6.75.